The molecule has 1 aromatic rings. The van der Waals surface area contributed by atoms with Crippen molar-refractivity contribution < 1.29 is 23.1 Å². The van der Waals surface area contributed by atoms with Crippen LogP contribution < -0.4 is 5.32 Å². The summed E-state index contributed by atoms with van der Waals surface area (Å²) in [4.78, 5) is 23.4. The fraction of sp³-hybridized carbons (Fsp3) is 0.429. The topological polar surface area (TPSA) is 101 Å². The van der Waals surface area contributed by atoms with Gasteiger partial charge in [-0.2, -0.15) is 0 Å². The van der Waals surface area contributed by atoms with Crippen LogP contribution in [0.1, 0.15) is 24.8 Å². The number of carboxylic acid groups (broad SMARTS) is 1. The molecular weight excluding hydrogens is 294 g/mol. The van der Waals surface area contributed by atoms with E-state index in [2.05, 4.69) is 5.32 Å². The Labute approximate surface area is 123 Å². The van der Waals surface area contributed by atoms with Crippen molar-refractivity contribution >= 4 is 21.7 Å². The van der Waals surface area contributed by atoms with Gasteiger partial charge in [-0.05, 0) is 30.5 Å². The van der Waals surface area contributed by atoms with Gasteiger partial charge in [-0.1, -0.05) is 18.6 Å². The molecule has 0 atom stereocenters. The molecule has 1 aromatic carbocycles. The van der Waals surface area contributed by atoms with Gasteiger partial charge in [0.1, 0.15) is 5.41 Å². The van der Waals surface area contributed by atoms with E-state index in [1.165, 1.54) is 12.1 Å². The van der Waals surface area contributed by atoms with Crippen LogP contribution >= 0.6 is 0 Å². The second-order valence-electron chi connectivity index (χ2n) is 5.34. The highest BCUT2D eigenvalue weighted by Gasteiger charge is 2.50. The van der Waals surface area contributed by atoms with Crippen molar-refractivity contribution in [1.82, 2.24) is 5.32 Å². The summed E-state index contributed by atoms with van der Waals surface area (Å²) in [5.74, 6) is -1.56. The molecule has 2 N–H and O–H groups in total. The van der Waals surface area contributed by atoms with E-state index in [0.717, 1.165) is 18.2 Å². The molecule has 0 aliphatic heterocycles. The monoisotopic (exact) mass is 311 g/mol. The maximum atomic E-state index is 12.0. The minimum absolute atomic E-state index is 0.178. The third-order valence-corrected chi connectivity index (χ3v) is 4.98. The van der Waals surface area contributed by atoms with Crippen LogP contribution in [0.2, 0.25) is 0 Å². The smallest absolute Gasteiger partial charge is 0.319 e. The molecule has 2 rings (SSSR count). The number of rotatable bonds is 5. The predicted molar refractivity (Wildman–Crippen MR) is 75.3 cm³/mol. The zero-order valence-corrected chi connectivity index (χ0v) is 12.4. The Kier molecular flexibility index (Phi) is 4.04. The number of benzene rings is 1. The second-order valence-corrected chi connectivity index (χ2v) is 7.36. The van der Waals surface area contributed by atoms with Crippen LogP contribution in [-0.2, 0) is 26.0 Å². The van der Waals surface area contributed by atoms with E-state index in [4.69, 9.17) is 5.11 Å². The highest BCUT2D eigenvalue weighted by atomic mass is 32.2. The third-order valence-electron chi connectivity index (χ3n) is 3.86. The fourth-order valence-electron chi connectivity index (χ4n) is 2.27. The lowest BCUT2D eigenvalue weighted by Crippen LogP contribution is -2.50. The Morgan fingerprint density at radius 1 is 1.24 bits per heavy atom. The Bertz CT molecular complexity index is 659. The van der Waals surface area contributed by atoms with Crippen molar-refractivity contribution in [3.63, 3.8) is 0 Å². The van der Waals surface area contributed by atoms with E-state index in [1.807, 2.05) is 0 Å². The minimum atomic E-state index is -3.25. The highest BCUT2D eigenvalue weighted by Crippen LogP contribution is 2.41. The lowest BCUT2D eigenvalue weighted by atomic mass is 9.68. The average Bonchev–Trinajstić information content (AvgIpc) is 2.34. The molecule has 0 radical (unpaired) electrons. The van der Waals surface area contributed by atoms with Crippen molar-refractivity contribution in [3.05, 3.63) is 29.8 Å². The number of amides is 1. The van der Waals surface area contributed by atoms with Gasteiger partial charge in [-0.15, -0.1) is 0 Å². The molecule has 0 heterocycles. The Balaban J connectivity index is 2.00. The first kappa shape index (κ1) is 15.5. The quantitative estimate of drug-likeness (QED) is 0.789. The summed E-state index contributed by atoms with van der Waals surface area (Å²) >= 11 is 0. The van der Waals surface area contributed by atoms with E-state index >= 15 is 0 Å². The van der Waals surface area contributed by atoms with Gasteiger partial charge in [0.25, 0.3) is 0 Å². The van der Waals surface area contributed by atoms with Crippen molar-refractivity contribution in [3.8, 4) is 0 Å². The van der Waals surface area contributed by atoms with Crippen LogP contribution in [0.3, 0.4) is 0 Å². The summed E-state index contributed by atoms with van der Waals surface area (Å²) in [6.45, 7) is 0.178. The predicted octanol–water partition coefficient (Wildman–Crippen LogP) is 0.961. The van der Waals surface area contributed by atoms with Crippen LogP contribution in [0.25, 0.3) is 0 Å². The molecule has 0 unspecified atom stereocenters. The molecular formula is C14H17NO5S. The molecule has 114 valence electrons. The van der Waals surface area contributed by atoms with Crippen molar-refractivity contribution in [2.45, 2.75) is 30.7 Å². The largest absolute Gasteiger partial charge is 0.480 e. The Morgan fingerprint density at radius 3 is 2.19 bits per heavy atom. The summed E-state index contributed by atoms with van der Waals surface area (Å²) in [5, 5.41) is 11.8. The summed E-state index contributed by atoms with van der Waals surface area (Å²) in [7, 11) is -3.25. The van der Waals surface area contributed by atoms with Gasteiger partial charge in [0.15, 0.2) is 9.84 Å². The van der Waals surface area contributed by atoms with E-state index in [0.29, 0.717) is 12.8 Å². The number of carboxylic acids is 1. The van der Waals surface area contributed by atoms with Crippen molar-refractivity contribution in [2.75, 3.05) is 6.26 Å². The molecule has 1 aliphatic rings. The zero-order valence-electron chi connectivity index (χ0n) is 11.6. The molecule has 1 aliphatic carbocycles. The molecule has 0 saturated heterocycles. The van der Waals surface area contributed by atoms with Crippen LogP contribution in [-0.4, -0.2) is 31.7 Å². The SMILES string of the molecule is CS(=O)(=O)c1ccc(CNC(=O)C2(C(=O)O)CCC2)cc1. The van der Waals surface area contributed by atoms with Gasteiger partial charge >= 0.3 is 5.97 Å². The molecule has 0 bridgehead atoms. The molecule has 0 spiro atoms. The molecule has 21 heavy (non-hydrogen) atoms. The van der Waals surface area contributed by atoms with Crippen molar-refractivity contribution in [1.29, 1.82) is 0 Å². The Morgan fingerprint density at radius 2 is 1.81 bits per heavy atom. The molecule has 6 nitrogen and oxygen atoms in total. The molecule has 1 amide bonds. The van der Waals surface area contributed by atoms with Crippen molar-refractivity contribution in [2.24, 2.45) is 5.41 Å². The fourth-order valence-corrected chi connectivity index (χ4v) is 2.90. The van der Waals surface area contributed by atoms with Gasteiger partial charge in [-0.3, -0.25) is 9.59 Å². The molecule has 1 saturated carbocycles. The number of hydrogen-bond donors (Lipinski definition) is 2. The van der Waals surface area contributed by atoms with Crippen LogP contribution in [0.4, 0.5) is 0 Å². The first-order valence-electron chi connectivity index (χ1n) is 6.56. The minimum Gasteiger partial charge on any atom is -0.480 e. The maximum absolute atomic E-state index is 12.0. The zero-order chi connectivity index (χ0) is 15.7. The summed E-state index contributed by atoms with van der Waals surface area (Å²) in [6.07, 6.45) is 2.59. The van der Waals surface area contributed by atoms with E-state index < -0.39 is 27.1 Å². The normalized spacial score (nSPS) is 16.8. The second kappa shape index (κ2) is 5.48. The average molecular weight is 311 g/mol. The van der Waals surface area contributed by atoms with E-state index in [1.54, 1.807) is 12.1 Å². The van der Waals surface area contributed by atoms with Crippen LogP contribution in [0, 0.1) is 5.41 Å². The standard InChI is InChI=1S/C14H17NO5S/c1-21(19,20)11-5-3-10(4-6-11)9-15-12(16)14(13(17)18)7-2-8-14/h3-6H,2,7-9H2,1H3,(H,15,16)(H,17,18). The van der Waals surface area contributed by atoms with Gasteiger partial charge in [0.05, 0.1) is 4.90 Å². The maximum Gasteiger partial charge on any atom is 0.319 e. The van der Waals surface area contributed by atoms with Crippen LogP contribution in [0.15, 0.2) is 29.2 Å². The first-order chi connectivity index (χ1) is 9.75. The number of carbonyl (C=O) groups excluding carboxylic acids is 1. The molecule has 1 fully saturated rings. The summed E-state index contributed by atoms with van der Waals surface area (Å²) in [6, 6.07) is 6.13. The number of nitrogens with one attached hydrogen (secondary N) is 1. The lowest BCUT2D eigenvalue weighted by Gasteiger charge is -2.35. The Hall–Kier alpha value is -1.89. The van der Waals surface area contributed by atoms with Gasteiger partial charge in [0, 0.05) is 12.8 Å². The third kappa shape index (κ3) is 3.07. The summed E-state index contributed by atoms with van der Waals surface area (Å²) < 4.78 is 22.7. The summed E-state index contributed by atoms with van der Waals surface area (Å²) in [5.41, 5.74) is -0.567. The first-order valence-corrected chi connectivity index (χ1v) is 8.45. The molecule has 7 heteroatoms. The molecule has 0 aromatic heterocycles. The number of hydrogen-bond acceptors (Lipinski definition) is 4. The number of aliphatic carboxylic acids is 1. The van der Waals surface area contributed by atoms with Gasteiger partial charge in [-0.25, -0.2) is 8.42 Å². The number of carbonyl (C=O) groups is 2. The van der Waals surface area contributed by atoms with Gasteiger partial charge < -0.3 is 10.4 Å². The van der Waals surface area contributed by atoms with Gasteiger partial charge in [0.2, 0.25) is 5.91 Å². The van der Waals surface area contributed by atoms with E-state index in [-0.39, 0.29) is 11.4 Å². The highest BCUT2D eigenvalue weighted by molar-refractivity contribution is 7.90. The lowest BCUT2D eigenvalue weighted by molar-refractivity contribution is -0.162. The van der Waals surface area contributed by atoms with Crippen LogP contribution in [0.5, 0.6) is 0 Å². The van der Waals surface area contributed by atoms with E-state index in [9.17, 15) is 18.0 Å². The number of sulfone groups is 1.